The van der Waals surface area contributed by atoms with Gasteiger partial charge in [-0.25, -0.2) is 4.39 Å². The Labute approximate surface area is 185 Å². The van der Waals surface area contributed by atoms with Gasteiger partial charge in [-0.2, -0.15) is 5.26 Å². The number of benzene rings is 2. The number of hydrogen-bond acceptors (Lipinski definition) is 4. The summed E-state index contributed by atoms with van der Waals surface area (Å²) in [5.74, 6) is 0.0826. The lowest BCUT2D eigenvalue weighted by atomic mass is 9.75. The van der Waals surface area contributed by atoms with Gasteiger partial charge in [0, 0.05) is 24.7 Å². The summed E-state index contributed by atoms with van der Waals surface area (Å²) in [7, 11) is 0. The molecule has 2 aromatic carbocycles. The Hall–Kier alpha value is -3.17. The van der Waals surface area contributed by atoms with E-state index in [2.05, 4.69) is 11.1 Å². The zero-order valence-electron chi connectivity index (χ0n) is 16.9. The van der Waals surface area contributed by atoms with E-state index in [9.17, 15) is 14.4 Å². The summed E-state index contributed by atoms with van der Waals surface area (Å²) in [6, 6.07) is 15.8. The van der Waals surface area contributed by atoms with E-state index in [0.717, 1.165) is 10.9 Å². The van der Waals surface area contributed by atoms with Crippen molar-refractivity contribution in [3.8, 4) is 11.8 Å². The van der Waals surface area contributed by atoms with E-state index in [-0.39, 0.29) is 18.3 Å². The number of piperidine rings is 1. The van der Waals surface area contributed by atoms with E-state index in [1.807, 2.05) is 6.07 Å². The number of fused-ring (bicyclic) bond motifs is 1. The Morgan fingerprint density at radius 3 is 2.65 bits per heavy atom. The SMILES string of the molecule is N#CC1(Cc2ccc(F)cc2)CCN(C(=O)COc2ccc(Cl)c3cccnc23)CC1. The number of likely N-dealkylation sites (tertiary alicyclic amines) is 1. The van der Waals surface area contributed by atoms with Crippen LogP contribution in [0.25, 0.3) is 10.9 Å². The minimum atomic E-state index is -0.550. The topological polar surface area (TPSA) is 66.2 Å². The Kier molecular flexibility index (Phi) is 6.06. The smallest absolute Gasteiger partial charge is 0.260 e. The molecule has 0 radical (unpaired) electrons. The maximum absolute atomic E-state index is 13.2. The van der Waals surface area contributed by atoms with Gasteiger partial charge in [0.25, 0.3) is 5.91 Å². The van der Waals surface area contributed by atoms with Crippen LogP contribution in [0.2, 0.25) is 5.02 Å². The van der Waals surface area contributed by atoms with Crippen molar-refractivity contribution in [3.63, 3.8) is 0 Å². The number of hydrogen-bond donors (Lipinski definition) is 0. The van der Waals surface area contributed by atoms with Crippen LogP contribution < -0.4 is 4.74 Å². The molecule has 7 heteroatoms. The maximum atomic E-state index is 13.2. The standard InChI is InChI=1S/C24H21ClFN3O2/c25-20-7-8-21(23-19(20)2-1-11-28-23)31-15-22(30)29-12-9-24(16-27,10-13-29)14-17-3-5-18(26)6-4-17/h1-8,11H,9-10,12-15H2. The van der Waals surface area contributed by atoms with E-state index in [1.54, 1.807) is 41.4 Å². The molecular weight excluding hydrogens is 417 g/mol. The van der Waals surface area contributed by atoms with Crippen molar-refractivity contribution in [2.75, 3.05) is 19.7 Å². The number of aromatic nitrogens is 1. The van der Waals surface area contributed by atoms with Crippen LogP contribution in [0, 0.1) is 22.6 Å². The van der Waals surface area contributed by atoms with Gasteiger partial charge in [0.15, 0.2) is 6.61 Å². The summed E-state index contributed by atoms with van der Waals surface area (Å²) in [5.41, 5.74) is 0.989. The van der Waals surface area contributed by atoms with E-state index in [0.29, 0.717) is 48.6 Å². The molecular formula is C24H21ClFN3O2. The van der Waals surface area contributed by atoms with Gasteiger partial charge in [0.1, 0.15) is 17.1 Å². The van der Waals surface area contributed by atoms with Crippen LogP contribution in [0.3, 0.4) is 0 Å². The third kappa shape index (κ3) is 4.62. The molecule has 1 aliphatic rings. The van der Waals surface area contributed by atoms with Crippen molar-refractivity contribution in [2.45, 2.75) is 19.3 Å². The van der Waals surface area contributed by atoms with Crippen LogP contribution >= 0.6 is 11.6 Å². The first-order chi connectivity index (χ1) is 15.0. The number of nitriles is 1. The Morgan fingerprint density at radius 1 is 1.19 bits per heavy atom. The van der Waals surface area contributed by atoms with Gasteiger partial charge in [-0.15, -0.1) is 0 Å². The molecule has 0 aliphatic carbocycles. The van der Waals surface area contributed by atoms with Crippen LogP contribution in [-0.2, 0) is 11.2 Å². The molecule has 0 N–H and O–H groups in total. The van der Waals surface area contributed by atoms with Crippen LogP contribution in [0.1, 0.15) is 18.4 Å². The molecule has 0 bridgehead atoms. The third-order valence-corrected chi connectivity index (χ3v) is 6.13. The predicted molar refractivity (Wildman–Crippen MR) is 116 cm³/mol. The van der Waals surface area contributed by atoms with Crippen LogP contribution in [-0.4, -0.2) is 35.5 Å². The van der Waals surface area contributed by atoms with Gasteiger partial charge < -0.3 is 9.64 Å². The molecule has 1 amide bonds. The Bertz CT molecular complexity index is 1140. The van der Waals surface area contributed by atoms with Crippen molar-refractivity contribution >= 4 is 28.4 Å². The Morgan fingerprint density at radius 2 is 1.94 bits per heavy atom. The molecule has 1 fully saturated rings. The number of amides is 1. The molecule has 3 aromatic rings. The predicted octanol–water partition coefficient (Wildman–Crippen LogP) is 4.78. The highest BCUT2D eigenvalue weighted by Crippen LogP contribution is 2.35. The van der Waals surface area contributed by atoms with Crippen molar-refractivity contribution in [1.29, 1.82) is 5.26 Å². The van der Waals surface area contributed by atoms with Crippen molar-refractivity contribution in [1.82, 2.24) is 9.88 Å². The molecule has 2 heterocycles. The third-order valence-electron chi connectivity index (χ3n) is 5.80. The molecule has 31 heavy (non-hydrogen) atoms. The monoisotopic (exact) mass is 437 g/mol. The summed E-state index contributed by atoms with van der Waals surface area (Å²) in [5, 5.41) is 11.1. The summed E-state index contributed by atoms with van der Waals surface area (Å²) in [6.45, 7) is 0.859. The number of carbonyl (C=O) groups is 1. The second-order valence-corrected chi connectivity index (χ2v) is 8.22. The molecule has 5 nitrogen and oxygen atoms in total. The minimum Gasteiger partial charge on any atom is -0.481 e. The fraction of sp³-hybridized carbons (Fsp3) is 0.292. The molecule has 1 saturated heterocycles. The highest BCUT2D eigenvalue weighted by Gasteiger charge is 2.36. The average molecular weight is 438 g/mol. The number of rotatable bonds is 5. The first kappa shape index (κ1) is 21.1. The second-order valence-electron chi connectivity index (χ2n) is 7.81. The zero-order valence-corrected chi connectivity index (χ0v) is 17.6. The fourth-order valence-corrected chi connectivity index (χ4v) is 4.18. The average Bonchev–Trinajstić information content (AvgIpc) is 2.80. The van der Waals surface area contributed by atoms with Crippen LogP contribution in [0.4, 0.5) is 4.39 Å². The van der Waals surface area contributed by atoms with Gasteiger partial charge in [-0.3, -0.25) is 9.78 Å². The summed E-state index contributed by atoms with van der Waals surface area (Å²) >= 11 is 6.20. The number of carbonyl (C=O) groups excluding carboxylic acids is 1. The lowest BCUT2D eigenvalue weighted by Gasteiger charge is -2.37. The van der Waals surface area contributed by atoms with Crippen molar-refractivity contribution in [2.24, 2.45) is 5.41 Å². The number of ether oxygens (including phenoxy) is 1. The van der Waals surface area contributed by atoms with E-state index in [1.165, 1.54) is 12.1 Å². The molecule has 4 rings (SSSR count). The molecule has 0 atom stereocenters. The zero-order chi connectivity index (χ0) is 21.8. The normalized spacial score (nSPS) is 15.5. The van der Waals surface area contributed by atoms with Crippen molar-refractivity contribution < 1.29 is 13.9 Å². The van der Waals surface area contributed by atoms with E-state index in [4.69, 9.17) is 16.3 Å². The fourth-order valence-electron chi connectivity index (χ4n) is 3.96. The number of nitrogens with zero attached hydrogens (tertiary/aromatic N) is 3. The van der Waals surface area contributed by atoms with E-state index >= 15 is 0 Å². The summed E-state index contributed by atoms with van der Waals surface area (Å²) in [4.78, 5) is 18.7. The van der Waals surface area contributed by atoms with Crippen molar-refractivity contribution in [3.05, 3.63) is 71.1 Å². The highest BCUT2D eigenvalue weighted by molar-refractivity contribution is 6.35. The van der Waals surface area contributed by atoms with Gasteiger partial charge in [-0.1, -0.05) is 23.7 Å². The Balaban J connectivity index is 1.37. The minimum absolute atomic E-state index is 0.106. The lowest BCUT2D eigenvalue weighted by Crippen LogP contribution is -2.45. The van der Waals surface area contributed by atoms with E-state index < -0.39 is 5.41 Å². The number of pyridine rings is 1. The molecule has 0 unspecified atom stereocenters. The van der Waals surface area contributed by atoms with Crippen LogP contribution in [0.15, 0.2) is 54.7 Å². The van der Waals surface area contributed by atoms with Gasteiger partial charge in [0.05, 0.1) is 16.5 Å². The molecule has 0 saturated carbocycles. The maximum Gasteiger partial charge on any atom is 0.260 e. The lowest BCUT2D eigenvalue weighted by molar-refractivity contribution is -0.135. The summed E-state index contributed by atoms with van der Waals surface area (Å²) < 4.78 is 18.9. The quantitative estimate of drug-likeness (QED) is 0.576. The van der Waals surface area contributed by atoms with Gasteiger partial charge >= 0.3 is 0 Å². The first-order valence-corrected chi connectivity index (χ1v) is 10.5. The molecule has 158 valence electrons. The molecule has 1 aliphatic heterocycles. The number of halogens is 2. The van der Waals surface area contributed by atoms with Crippen LogP contribution in [0.5, 0.6) is 5.75 Å². The van der Waals surface area contributed by atoms with Gasteiger partial charge in [-0.05, 0) is 61.2 Å². The first-order valence-electron chi connectivity index (χ1n) is 10.1. The van der Waals surface area contributed by atoms with Gasteiger partial charge in [0.2, 0.25) is 0 Å². The summed E-state index contributed by atoms with van der Waals surface area (Å²) in [6.07, 6.45) is 3.33. The largest absolute Gasteiger partial charge is 0.481 e. The highest BCUT2D eigenvalue weighted by atomic mass is 35.5. The molecule has 1 aromatic heterocycles. The molecule has 0 spiro atoms. The second kappa shape index (κ2) is 8.91.